The summed E-state index contributed by atoms with van der Waals surface area (Å²) in [5.74, 6) is 0.186. The largest absolute Gasteiger partial charge is 0.492 e. The monoisotopic (exact) mass is 489 g/mol. The highest BCUT2D eigenvalue weighted by atomic mass is 32.2. The van der Waals surface area contributed by atoms with Crippen molar-refractivity contribution in [3.63, 3.8) is 0 Å². The Morgan fingerprint density at radius 2 is 1.73 bits per heavy atom. The molecule has 0 bridgehead atoms. The summed E-state index contributed by atoms with van der Waals surface area (Å²) < 4.78 is 32.0. The van der Waals surface area contributed by atoms with Crippen molar-refractivity contribution in [2.75, 3.05) is 43.4 Å². The van der Waals surface area contributed by atoms with E-state index in [1.165, 1.54) is 11.3 Å². The van der Waals surface area contributed by atoms with Crippen LogP contribution in [0.15, 0.2) is 53.4 Å². The van der Waals surface area contributed by atoms with Gasteiger partial charge in [-0.25, -0.2) is 13.4 Å². The molecule has 3 aromatic rings. The number of nitrogens with zero attached hydrogens (tertiary/aromatic N) is 3. The molecule has 0 aliphatic carbocycles. The molecule has 178 valence electrons. The van der Waals surface area contributed by atoms with Gasteiger partial charge >= 0.3 is 0 Å². The molecule has 0 unspecified atom stereocenters. The van der Waals surface area contributed by atoms with E-state index in [0.717, 1.165) is 23.3 Å². The van der Waals surface area contributed by atoms with E-state index in [1.807, 2.05) is 25.1 Å². The van der Waals surface area contributed by atoms with Crippen molar-refractivity contribution < 1.29 is 17.9 Å². The predicted molar refractivity (Wildman–Crippen MR) is 134 cm³/mol. The van der Waals surface area contributed by atoms with Crippen molar-refractivity contribution in [2.24, 2.45) is 0 Å². The molecular formula is C24H31N3O4S2. The fourth-order valence-electron chi connectivity index (χ4n) is 3.51. The molecule has 0 radical (unpaired) electrons. The van der Waals surface area contributed by atoms with Crippen LogP contribution in [0.4, 0.5) is 5.13 Å². The zero-order valence-electron chi connectivity index (χ0n) is 19.4. The van der Waals surface area contributed by atoms with Crippen molar-refractivity contribution in [1.82, 2.24) is 9.88 Å². The normalized spacial score (nSPS) is 11.8. The van der Waals surface area contributed by atoms with Crippen LogP contribution in [0.25, 0.3) is 10.2 Å². The lowest BCUT2D eigenvalue weighted by Crippen LogP contribution is -2.39. The highest BCUT2D eigenvalue weighted by molar-refractivity contribution is 7.91. The van der Waals surface area contributed by atoms with Crippen LogP contribution >= 0.6 is 11.3 Å². The highest BCUT2D eigenvalue weighted by Gasteiger charge is 2.24. The van der Waals surface area contributed by atoms with E-state index in [-0.39, 0.29) is 23.0 Å². The van der Waals surface area contributed by atoms with Crippen molar-refractivity contribution in [3.05, 3.63) is 48.5 Å². The number of rotatable bonds is 12. The summed E-state index contributed by atoms with van der Waals surface area (Å²) in [7, 11) is -3.55. The molecule has 2 aromatic carbocycles. The topological polar surface area (TPSA) is 79.8 Å². The molecule has 0 N–H and O–H groups in total. The molecular weight excluding hydrogens is 458 g/mol. The second-order valence-electron chi connectivity index (χ2n) is 7.49. The van der Waals surface area contributed by atoms with Crippen molar-refractivity contribution in [1.29, 1.82) is 0 Å². The van der Waals surface area contributed by atoms with E-state index in [1.54, 1.807) is 35.2 Å². The molecule has 0 spiro atoms. The first-order valence-electron chi connectivity index (χ1n) is 11.2. The molecule has 3 rings (SSSR count). The second-order valence-corrected chi connectivity index (χ2v) is 10.6. The number of para-hydroxylation sites is 1. The molecule has 0 aliphatic rings. The lowest BCUT2D eigenvalue weighted by molar-refractivity contribution is -0.118. The first-order valence-corrected chi connectivity index (χ1v) is 13.7. The number of hydrogen-bond acceptors (Lipinski definition) is 7. The maximum atomic E-state index is 13.3. The van der Waals surface area contributed by atoms with Crippen LogP contribution in [0.2, 0.25) is 0 Å². The molecule has 1 amide bonds. The second kappa shape index (κ2) is 11.6. The Bertz CT molecular complexity index is 1160. The third kappa shape index (κ3) is 6.31. The Balaban J connectivity index is 1.85. The van der Waals surface area contributed by atoms with Gasteiger partial charge in [-0.3, -0.25) is 9.69 Å². The first-order chi connectivity index (χ1) is 15.9. The van der Waals surface area contributed by atoms with E-state index >= 15 is 0 Å². The third-order valence-electron chi connectivity index (χ3n) is 5.42. The molecule has 0 fully saturated rings. The Morgan fingerprint density at radius 3 is 2.39 bits per heavy atom. The maximum Gasteiger partial charge on any atom is 0.229 e. The summed E-state index contributed by atoms with van der Waals surface area (Å²) >= 11 is 1.42. The molecule has 1 aromatic heterocycles. The summed E-state index contributed by atoms with van der Waals surface area (Å²) in [6.45, 7) is 9.45. The minimum atomic E-state index is -3.55. The summed E-state index contributed by atoms with van der Waals surface area (Å²) in [6.07, 6.45) is -0.107. The lowest BCUT2D eigenvalue weighted by Gasteiger charge is -2.24. The fourth-order valence-corrected chi connectivity index (χ4v) is 5.79. The minimum Gasteiger partial charge on any atom is -0.492 e. The van der Waals surface area contributed by atoms with E-state index < -0.39 is 9.84 Å². The van der Waals surface area contributed by atoms with Crippen LogP contribution < -0.4 is 9.64 Å². The smallest absolute Gasteiger partial charge is 0.229 e. The van der Waals surface area contributed by atoms with Gasteiger partial charge in [0.1, 0.15) is 11.3 Å². The number of aromatic nitrogens is 1. The third-order valence-corrected chi connectivity index (χ3v) is 8.20. The Morgan fingerprint density at radius 1 is 1.00 bits per heavy atom. The van der Waals surface area contributed by atoms with E-state index in [2.05, 4.69) is 18.7 Å². The van der Waals surface area contributed by atoms with Gasteiger partial charge in [0.2, 0.25) is 5.91 Å². The van der Waals surface area contributed by atoms with Gasteiger partial charge < -0.3 is 9.64 Å². The number of sulfone groups is 1. The van der Waals surface area contributed by atoms with Gasteiger partial charge in [0, 0.05) is 19.5 Å². The molecule has 9 heteroatoms. The minimum absolute atomic E-state index is 0.107. The predicted octanol–water partition coefficient (Wildman–Crippen LogP) is 4.23. The van der Waals surface area contributed by atoms with Crippen LogP contribution in [0, 0.1) is 0 Å². The Kier molecular flexibility index (Phi) is 8.82. The Hall–Kier alpha value is -2.49. The number of carbonyl (C=O) groups is 1. The van der Waals surface area contributed by atoms with Gasteiger partial charge in [0.15, 0.2) is 15.0 Å². The van der Waals surface area contributed by atoms with Gasteiger partial charge in [-0.15, -0.1) is 0 Å². The van der Waals surface area contributed by atoms with Crippen LogP contribution in [-0.2, 0) is 14.6 Å². The number of thiazole rings is 1. The van der Waals surface area contributed by atoms with Crippen molar-refractivity contribution in [3.8, 4) is 5.75 Å². The summed E-state index contributed by atoms with van der Waals surface area (Å²) in [6, 6.07) is 14.0. The number of ether oxygens (including phenoxy) is 1. The summed E-state index contributed by atoms with van der Waals surface area (Å²) in [5, 5.41) is 0.561. The molecule has 0 saturated carbocycles. The molecule has 33 heavy (non-hydrogen) atoms. The standard InChI is InChI=1S/C24H31N3O4S2/c1-4-26(5-2)16-17-27(22(28)15-18-33(29,30)19-11-8-7-9-12-19)24-25-23-20(31-6-3)13-10-14-21(23)32-24/h7-14H,4-6,15-18H2,1-3H3. The lowest BCUT2D eigenvalue weighted by atomic mass is 10.3. The molecule has 0 atom stereocenters. The SMILES string of the molecule is CCOc1cccc2sc(N(CCN(CC)CC)C(=O)CCS(=O)(=O)c3ccccc3)nc12. The van der Waals surface area contributed by atoms with Crippen LogP contribution in [0.1, 0.15) is 27.2 Å². The highest BCUT2D eigenvalue weighted by Crippen LogP contribution is 2.34. The van der Waals surface area contributed by atoms with Gasteiger partial charge in [-0.05, 0) is 44.3 Å². The van der Waals surface area contributed by atoms with Gasteiger partial charge in [0.05, 0.1) is 22.0 Å². The Labute approximate surface area is 199 Å². The molecule has 7 nitrogen and oxygen atoms in total. The quantitative estimate of drug-likeness (QED) is 0.379. The number of fused-ring (bicyclic) bond motifs is 1. The number of hydrogen-bond donors (Lipinski definition) is 0. The fraction of sp³-hybridized carbons (Fsp3) is 0.417. The van der Waals surface area contributed by atoms with Crippen molar-refractivity contribution in [2.45, 2.75) is 32.1 Å². The summed E-state index contributed by atoms with van der Waals surface area (Å²) in [4.78, 5) is 22.1. The van der Waals surface area contributed by atoms with Gasteiger partial charge in [0.25, 0.3) is 0 Å². The average molecular weight is 490 g/mol. The molecule has 1 heterocycles. The number of anilines is 1. The van der Waals surface area contributed by atoms with Crippen LogP contribution in [0.3, 0.4) is 0 Å². The molecule has 0 aliphatic heterocycles. The first kappa shape index (κ1) is 25.1. The van der Waals surface area contributed by atoms with Crippen LogP contribution in [0.5, 0.6) is 5.75 Å². The molecule has 0 saturated heterocycles. The number of benzene rings is 2. The van der Waals surface area contributed by atoms with E-state index in [4.69, 9.17) is 9.72 Å². The zero-order valence-corrected chi connectivity index (χ0v) is 21.0. The number of likely N-dealkylation sites (N-methyl/N-ethyl adjacent to an activating group) is 1. The summed E-state index contributed by atoms with van der Waals surface area (Å²) in [5.41, 5.74) is 0.719. The number of amides is 1. The van der Waals surface area contributed by atoms with Gasteiger partial charge in [-0.2, -0.15) is 0 Å². The number of carbonyl (C=O) groups excluding carboxylic acids is 1. The average Bonchev–Trinajstić information content (AvgIpc) is 3.26. The van der Waals surface area contributed by atoms with E-state index in [0.29, 0.717) is 30.6 Å². The zero-order chi connectivity index (χ0) is 23.8. The van der Waals surface area contributed by atoms with E-state index in [9.17, 15) is 13.2 Å². The van der Waals surface area contributed by atoms with Crippen LogP contribution in [-0.4, -0.2) is 62.7 Å². The van der Waals surface area contributed by atoms with Gasteiger partial charge in [-0.1, -0.05) is 49.4 Å². The maximum absolute atomic E-state index is 13.3. The van der Waals surface area contributed by atoms with Crippen molar-refractivity contribution >= 4 is 42.4 Å².